The van der Waals surface area contributed by atoms with Crippen LogP contribution in [-0.2, 0) is 19.3 Å². The fourth-order valence-corrected chi connectivity index (χ4v) is 5.24. The highest BCUT2D eigenvalue weighted by Gasteiger charge is 2.32. The molecule has 2 aromatic rings. The monoisotopic (exact) mass is 410 g/mol. The van der Waals surface area contributed by atoms with E-state index in [1.165, 1.54) is 30.7 Å². The fourth-order valence-electron chi connectivity index (χ4n) is 5.24. The van der Waals surface area contributed by atoms with Crippen molar-refractivity contribution in [2.24, 2.45) is 5.92 Å². The zero-order valence-electron chi connectivity index (χ0n) is 18.1. The van der Waals surface area contributed by atoms with E-state index in [1.807, 2.05) is 0 Å². The molecule has 2 aromatic heterocycles. The molecule has 1 aliphatic carbocycles. The zero-order valence-corrected chi connectivity index (χ0v) is 18.1. The van der Waals surface area contributed by atoms with Crippen LogP contribution < -0.4 is 9.80 Å². The van der Waals surface area contributed by atoms with Gasteiger partial charge in [0.05, 0.1) is 11.7 Å². The van der Waals surface area contributed by atoms with Crippen molar-refractivity contribution in [3.05, 3.63) is 29.1 Å². The lowest BCUT2D eigenvalue weighted by Gasteiger charge is -2.33. The predicted molar refractivity (Wildman–Crippen MR) is 118 cm³/mol. The van der Waals surface area contributed by atoms with E-state index in [1.54, 1.807) is 0 Å². The Morgan fingerprint density at radius 3 is 2.57 bits per heavy atom. The standard InChI is InChI=1S/C23H34N6O/c1-2-20-26-21(28-12-9-16(15-30)10-13-28)14-22(27-20)29-11-5-8-19(29)23-24-17-6-3-4-7-18(17)25-23/h14,16,19,30H,2-13,15H2,1H3,(H,24,25). The third-order valence-corrected chi connectivity index (χ3v) is 7.09. The van der Waals surface area contributed by atoms with E-state index in [9.17, 15) is 5.11 Å². The van der Waals surface area contributed by atoms with Crippen LogP contribution in [0.2, 0.25) is 0 Å². The number of hydrogen-bond donors (Lipinski definition) is 2. The number of nitrogens with zero attached hydrogens (tertiary/aromatic N) is 5. The largest absolute Gasteiger partial charge is 0.396 e. The summed E-state index contributed by atoms with van der Waals surface area (Å²) in [6.45, 7) is 5.36. The number of hydrogen-bond acceptors (Lipinski definition) is 6. The second-order valence-electron chi connectivity index (χ2n) is 9.07. The summed E-state index contributed by atoms with van der Waals surface area (Å²) in [5.74, 6) is 4.55. The lowest BCUT2D eigenvalue weighted by molar-refractivity contribution is 0.202. The van der Waals surface area contributed by atoms with Gasteiger partial charge in [-0.05, 0) is 57.3 Å². The van der Waals surface area contributed by atoms with Gasteiger partial charge >= 0.3 is 0 Å². The van der Waals surface area contributed by atoms with Crippen molar-refractivity contribution in [1.82, 2.24) is 19.9 Å². The SMILES string of the molecule is CCc1nc(N2CCC(CO)CC2)cc(N2CCCC2c2nc3c([nH]2)CCCC3)n1. The first kappa shape index (κ1) is 19.8. The molecular formula is C23H34N6O. The number of aromatic amines is 1. The smallest absolute Gasteiger partial charge is 0.135 e. The summed E-state index contributed by atoms with van der Waals surface area (Å²) in [5, 5.41) is 9.46. The molecule has 0 spiro atoms. The van der Waals surface area contributed by atoms with E-state index in [0.29, 0.717) is 12.5 Å². The fraction of sp³-hybridized carbons (Fsp3) is 0.696. The molecule has 5 rings (SSSR count). The maximum Gasteiger partial charge on any atom is 0.135 e. The van der Waals surface area contributed by atoms with Crippen LogP contribution in [0.4, 0.5) is 11.6 Å². The van der Waals surface area contributed by atoms with Gasteiger partial charge in [-0.1, -0.05) is 6.92 Å². The van der Waals surface area contributed by atoms with Crippen LogP contribution in [0.15, 0.2) is 6.07 Å². The van der Waals surface area contributed by atoms with Gasteiger partial charge < -0.3 is 19.9 Å². The first-order valence-corrected chi connectivity index (χ1v) is 11.8. The molecule has 0 bridgehead atoms. The number of fused-ring (bicyclic) bond motifs is 1. The Kier molecular flexibility index (Phi) is 5.63. The zero-order chi connectivity index (χ0) is 20.5. The van der Waals surface area contributed by atoms with Crippen molar-refractivity contribution in [2.45, 2.75) is 70.8 Å². The molecule has 0 amide bonds. The van der Waals surface area contributed by atoms with Gasteiger partial charge in [-0.15, -0.1) is 0 Å². The van der Waals surface area contributed by atoms with Gasteiger partial charge in [-0.25, -0.2) is 15.0 Å². The molecule has 7 nitrogen and oxygen atoms in total. The van der Waals surface area contributed by atoms with E-state index in [-0.39, 0.29) is 6.04 Å². The summed E-state index contributed by atoms with van der Waals surface area (Å²) < 4.78 is 0. The van der Waals surface area contributed by atoms with Gasteiger partial charge in [-0.3, -0.25) is 0 Å². The molecule has 2 saturated heterocycles. The van der Waals surface area contributed by atoms with Gasteiger partial charge in [0.2, 0.25) is 0 Å². The van der Waals surface area contributed by atoms with Gasteiger partial charge in [-0.2, -0.15) is 0 Å². The molecule has 2 aliphatic heterocycles. The minimum absolute atomic E-state index is 0.281. The molecule has 2 N–H and O–H groups in total. The van der Waals surface area contributed by atoms with Crippen molar-refractivity contribution in [2.75, 3.05) is 36.0 Å². The maximum atomic E-state index is 9.46. The minimum Gasteiger partial charge on any atom is -0.396 e. The first-order chi connectivity index (χ1) is 14.7. The molecule has 30 heavy (non-hydrogen) atoms. The summed E-state index contributed by atoms with van der Waals surface area (Å²) in [4.78, 5) is 23.3. The van der Waals surface area contributed by atoms with E-state index in [4.69, 9.17) is 15.0 Å². The summed E-state index contributed by atoms with van der Waals surface area (Å²) in [7, 11) is 0. The van der Waals surface area contributed by atoms with Crippen molar-refractivity contribution in [1.29, 1.82) is 0 Å². The Morgan fingerprint density at radius 2 is 1.80 bits per heavy atom. The number of aliphatic hydroxyl groups is 1. The highest BCUT2D eigenvalue weighted by molar-refractivity contribution is 5.53. The second-order valence-corrected chi connectivity index (χ2v) is 9.07. The number of imidazole rings is 1. The molecule has 0 saturated carbocycles. The summed E-state index contributed by atoms with van der Waals surface area (Å²) >= 11 is 0. The topological polar surface area (TPSA) is 81.2 Å². The van der Waals surface area contributed by atoms with Gasteiger partial charge in [0.25, 0.3) is 0 Å². The van der Waals surface area contributed by atoms with Crippen LogP contribution in [0.25, 0.3) is 0 Å². The number of aryl methyl sites for hydroxylation is 3. The lowest BCUT2D eigenvalue weighted by atomic mass is 9.98. The van der Waals surface area contributed by atoms with Gasteiger partial charge in [0.15, 0.2) is 0 Å². The van der Waals surface area contributed by atoms with Crippen LogP contribution in [0.5, 0.6) is 0 Å². The normalized spacial score (nSPS) is 22.5. The third-order valence-electron chi connectivity index (χ3n) is 7.09. The Labute approximate surface area is 178 Å². The predicted octanol–water partition coefficient (Wildman–Crippen LogP) is 3.19. The average Bonchev–Trinajstić information content (AvgIpc) is 3.45. The van der Waals surface area contributed by atoms with Crippen molar-refractivity contribution < 1.29 is 5.11 Å². The molecule has 1 unspecified atom stereocenters. The summed E-state index contributed by atoms with van der Waals surface area (Å²) in [6.07, 6.45) is 9.95. The lowest BCUT2D eigenvalue weighted by Crippen LogP contribution is -2.36. The van der Waals surface area contributed by atoms with Gasteiger partial charge in [0, 0.05) is 44.4 Å². The van der Waals surface area contributed by atoms with Crippen LogP contribution in [0.1, 0.15) is 74.5 Å². The van der Waals surface area contributed by atoms with Crippen LogP contribution in [0, 0.1) is 5.92 Å². The van der Waals surface area contributed by atoms with Crippen LogP contribution in [-0.4, -0.2) is 51.3 Å². The minimum atomic E-state index is 0.281. The number of anilines is 2. The van der Waals surface area contributed by atoms with E-state index in [2.05, 4.69) is 27.8 Å². The number of nitrogens with one attached hydrogen (secondary N) is 1. The Morgan fingerprint density at radius 1 is 1.00 bits per heavy atom. The number of rotatable bonds is 5. The molecule has 162 valence electrons. The number of aliphatic hydroxyl groups excluding tert-OH is 1. The third kappa shape index (κ3) is 3.80. The van der Waals surface area contributed by atoms with Crippen molar-refractivity contribution in [3.63, 3.8) is 0 Å². The van der Waals surface area contributed by atoms with E-state index in [0.717, 1.165) is 81.4 Å². The number of H-pyrrole nitrogens is 1. The van der Waals surface area contributed by atoms with Crippen molar-refractivity contribution in [3.8, 4) is 0 Å². The number of piperidine rings is 1. The molecule has 7 heteroatoms. The highest BCUT2D eigenvalue weighted by Crippen LogP contribution is 2.36. The summed E-state index contributed by atoms with van der Waals surface area (Å²) in [5.41, 5.74) is 2.64. The highest BCUT2D eigenvalue weighted by atomic mass is 16.3. The molecule has 2 fully saturated rings. The quantitative estimate of drug-likeness (QED) is 0.788. The molecule has 4 heterocycles. The molecule has 3 aliphatic rings. The van der Waals surface area contributed by atoms with E-state index < -0.39 is 0 Å². The molecule has 0 aromatic carbocycles. The molecule has 1 atom stereocenters. The first-order valence-electron chi connectivity index (χ1n) is 11.8. The van der Waals surface area contributed by atoms with Crippen LogP contribution in [0.3, 0.4) is 0 Å². The Bertz CT molecular complexity index is 849. The number of aromatic nitrogens is 4. The van der Waals surface area contributed by atoms with Gasteiger partial charge in [0.1, 0.15) is 23.3 Å². The van der Waals surface area contributed by atoms with Crippen molar-refractivity contribution >= 4 is 11.6 Å². The maximum absolute atomic E-state index is 9.46. The van der Waals surface area contributed by atoms with Crippen LogP contribution >= 0.6 is 0 Å². The Balaban J connectivity index is 1.41. The Hall–Kier alpha value is -2.15. The summed E-state index contributed by atoms with van der Waals surface area (Å²) in [6, 6.07) is 2.46. The second kappa shape index (κ2) is 8.53. The average molecular weight is 411 g/mol. The molecule has 0 radical (unpaired) electrons. The molecular weight excluding hydrogens is 376 g/mol. The van der Waals surface area contributed by atoms with E-state index >= 15 is 0 Å².